The molecule has 0 saturated heterocycles. The molecule has 3 aromatic carbocycles. The Kier molecular flexibility index (Phi) is 6.18. The van der Waals surface area contributed by atoms with E-state index in [1.165, 1.54) is 0 Å². The van der Waals surface area contributed by atoms with Crippen molar-refractivity contribution in [1.29, 1.82) is 0 Å². The zero-order valence-electron chi connectivity index (χ0n) is 14.5. The van der Waals surface area contributed by atoms with E-state index in [0.29, 0.717) is 10.7 Å². The van der Waals surface area contributed by atoms with Crippen LogP contribution in [-0.2, 0) is 9.59 Å². The van der Waals surface area contributed by atoms with Crippen LogP contribution in [0.1, 0.15) is 18.4 Å². The van der Waals surface area contributed by atoms with Crippen LogP contribution in [0.25, 0.3) is 10.8 Å². The van der Waals surface area contributed by atoms with Gasteiger partial charge in [-0.15, -0.1) is 0 Å². The van der Waals surface area contributed by atoms with Gasteiger partial charge in [0.25, 0.3) is 0 Å². The Balaban J connectivity index is 1.46. The quantitative estimate of drug-likeness (QED) is 0.493. The maximum absolute atomic E-state index is 11.9. The highest BCUT2D eigenvalue weighted by Crippen LogP contribution is 2.20. The summed E-state index contributed by atoms with van der Waals surface area (Å²) in [6, 6.07) is 20.9. The molecule has 0 unspecified atom stereocenters. The van der Waals surface area contributed by atoms with Gasteiger partial charge < -0.3 is 5.32 Å². The Morgan fingerprint density at radius 3 is 2.41 bits per heavy atom. The molecule has 0 fully saturated rings. The van der Waals surface area contributed by atoms with Gasteiger partial charge in [-0.25, -0.2) is 5.43 Å². The monoisotopic (exact) mass is 379 g/mol. The number of fused-ring (bicyclic) bond motifs is 1. The van der Waals surface area contributed by atoms with Crippen LogP contribution in [0.2, 0.25) is 5.02 Å². The summed E-state index contributed by atoms with van der Waals surface area (Å²) in [6.07, 6.45) is 1.65. The van der Waals surface area contributed by atoms with Gasteiger partial charge in [-0.2, -0.15) is 5.10 Å². The lowest BCUT2D eigenvalue weighted by Crippen LogP contribution is -2.20. The van der Waals surface area contributed by atoms with Crippen LogP contribution in [0.5, 0.6) is 0 Å². The molecule has 2 N–H and O–H groups in total. The number of hydrogen-bond acceptors (Lipinski definition) is 3. The van der Waals surface area contributed by atoms with Crippen LogP contribution in [0.4, 0.5) is 5.69 Å². The van der Waals surface area contributed by atoms with Gasteiger partial charge >= 0.3 is 0 Å². The summed E-state index contributed by atoms with van der Waals surface area (Å²) in [5, 5.41) is 9.32. The summed E-state index contributed by atoms with van der Waals surface area (Å²) in [6.45, 7) is 0. The molecule has 3 rings (SSSR count). The summed E-state index contributed by atoms with van der Waals surface area (Å²) >= 11 is 5.98. The first-order valence-electron chi connectivity index (χ1n) is 8.47. The van der Waals surface area contributed by atoms with Crippen LogP contribution in [0, 0.1) is 0 Å². The number of rotatable bonds is 6. The molecule has 5 nitrogen and oxygen atoms in total. The third kappa shape index (κ3) is 5.39. The lowest BCUT2D eigenvalue weighted by Gasteiger charge is -2.06. The predicted molar refractivity (Wildman–Crippen MR) is 109 cm³/mol. The molecule has 0 saturated carbocycles. The zero-order chi connectivity index (χ0) is 19.1. The predicted octanol–water partition coefficient (Wildman–Crippen LogP) is 4.36. The number of hydrogen-bond donors (Lipinski definition) is 2. The molecule has 6 heteroatoms. The molecule has 27 heavy (non-hydrogen) atoms. The molecule has 136 valence electrons. The molecule has 0 aliphatic heterocycles. The number of amides is 2. The summed E-state index contributed by atoms with van der Waals surface area (Å²) < 4.78 is 0. The molecule has 0 aliphatic carbocycles. The van der Waals surface area contributed by atoms with E-state index in [4.69, 9.17) is 11.6 Å². The molecule has 3 aromatic rings. The molecule has 0 aromatic heterocycles. The van der Waals surface area contributed by atoms with Gasteiger partial charge in [0, 0.05) is 12.8 Å². The van der Waals surface area contributed by atoms with Gasteiger partial charge in [0.2, 0.25) is 11.8 Å². The molecule has 0 bridgehead atoms. The van der Waals surface area contributed by atoms with Gasteiger partial charge in [-0.1, -0.05) is 60.1 Å². The van der Waals surface area contributed by atoms with Crippen LogP contribution in [0.3, 0.4) is 0 Å². The Morgan fingerprint density at radius 1 is 0.889 bits per heavy atom. The smallest absolute Gasteiger partial charge is 0.240 e. The fraction of sp³-hybridized carbons (Fsp3) is 0.0952. The third-order valence-electron chi connectivity index (χ3n) is 3.90. The Labute approximate surface area is 162 Å². The van der Waals surface area contributed by atoms with Crippen molar-refractivity contribution in [2.45, 2.75) is 12.8 Å². The fourth-order valence-electron chi connectivity index (χ4n) is 2.53. The van der Waals surface area contributed by atoms with E-state index in [0.717, 1.165) is 16.3 Å². The van der Waals surface area contributed by atoms with E-state index in [2.05, 4.69) is 15.8 Å². The minimum atomic E-state index is -0.332. The maximum Gasteiger partial charge on any atom is 0.240 e. The first kappa shape index (κ1) is 18.6. The van der Waals surface area contributed by atoms with Gasteiger partial charge in [-0.3, -0.25) is 9.59 Å². The van der Waals surface area contributed by atoms with E-state index in [9.17, 15) is 9.59 Å². The van der Waals surface area contributed by atoms with Gasteiger partial charge in [0.05, 0.1) is 16.9 Å². The number of carbonyl (C=O) groups excluding carboxylic acids is 2. The number of nitrogens with zero attached hydrogens (tertiary/aromatic N) is 1. The molecule has 0 aliphatic rings. The second kappa shape index (κ2) is 8.96. The minimum Gasteiger partial charge on any atom is -0.325 e. The molecule has 0 radical (unpaired) electrons. The van der Waals surface area contributed by atoms with Crippen LogP contribution in [-0.4, -0.2) is 18.0 Å². The number of benzene rings is 3. The van der Waals surface area contributed by atoms with Crippen molar-refractivity contribution in [3.05, 3.63) is 77.3 Å². The van der Waals surface area contributed by atoms with Crippen molar-refractivity contribution in [2.75, 3.05) is 5.32 Å². The van der Waals surface area contributed by atoms with Gasteiger partial charge in [0.1, 0.15) is 0 Å². The normalized spacial score (nSPS) is 10.9. The summed E-state index contributed by atoms with van der Waals surface area (Å²) in [4.78, 5) is 23.7. The standard InChI is InChI=1S/C21H18ClN3O2/c22-18-7-3-4-8-19(18)24-20(26)11-12-21(27)25-23-14-15-9-10-16-5-1-2-6-17(16)13-15/h1-10,13-14H,11-12H2,(H,24,26)(H,25,27). The highest BCUT2D eigenvalue weighted by Gasteiger charge is 2.08. The number of hydrazone groups is 1. The molecule has 0 heterocycles. The van der Waals surface area contributed by atoms with E-state index < -0.39 is 0 Å². The third-order valence-corrected chi connectivity index (χ3v) is 4.23. The number of nitrogens with one attached hydrogen (secondary N) is 2. The van der Waals surface area contributed by atoms with Crippen molar-refractivity contribution in [2.24, 2.45) is 5.10 Å². The number of para-hydroxylation sites is 1. The highest BCUT2D eigenvalue weighted by molar-refractivity contribution is 6.33. The summed E-state index contributed by atoms with van der Waals surface area (Å²) in [5.41, 5.74) is 3.84. The second-order valence-corrected chi connectivity index (χ2v) is 6.33. The number of anilines is 1. The Hall–Kier alpha value is -3.18. The van der Waals surface area contributed by atoms with E-state index in [1.807, 2.05) is 42.5 Å². The molecule has 0 spiro atoms. The average molecular weight is 380 g/mol. The van der Waals surface area contributed by atoms with Crippen molar-refractivity contribution in [3.8, 4) is 0 Å². The second-order valence-electron chi connectivity index (χ2n) is 5.93. The molecule has 2 amide bonds. The summed E-state index contributed by atoms with van der Waals surface area (Å²) in [7, 11) is 0. The fourth-order valence-corrected chi connectivity index (χ4v) is 2.71. The lowest BCUT2D eigenvalue weighted by molar-refractivity contribution is -0.124. The van der Waals surface area contributed by atoms with Crippen LogP contribution < -0.4 is 10.7 Å². The zero-order valence-corrected chi connectivity index (χ0v) is 15.2. The molecular formula is C21H18ClN3O2. The largest absolute Gasteiger partial charge is 0.325 e. The highest BCUT2D eigenvalue weighted by atomic mass is 35.5. The number of carbonyl (C=O) groups is 2. The van der Waals surface area contributed by atoms with E-state index in [-0.39, 0.29) is 24.7 Å². The SMILES string of the molecule is O=C(CCC(=O)Nc1ccccc1Cl)NN=Cc1ccc2ccccc2c1. The van der Waals surface area contributed by atoms with Crippen molar-refractivity contribution < 1.29 is 9.59 Å². The topological polar surface area (TPSA) is 70.6 Å². The summed E-state index contributed by atoms with van der Waals surface area (Å²) in [5.74, 6) is -0.613. The molecule has 0 atom stereocenters. The van der Waals surface area contributed by atoms with Crippen molar-refractivity contribution in [1.82, 2.24) is 5.43 Å². The van der Waals surface area contributed by atoms with Crippen LogP contribution >= 0.6 is 11.6 Å². The average Bonchev–Trinajstić information content (AvgIpc) is 2.68. The van der Waals surface area contributed by atoms with E-state index >= 15 is 0 Å². The minimum absolute atomic E-state index is 0.0331. The first-order chi connectivity index (χ1) is 13.1. The van der Waals surface area contributed by atoms with Gasteiger partial charge in [-0.05, 0) is 34.5 Å². The maximum atomic E-state index is 11.9. The first-order valence-corrected chi connectivity index (χ1v) is 8.85. The van der Waals surface area contributed by atoms with Crippen molar-refractivity contribution >= 4 is 46.1 Å². The molecular weight excluding hydrogens is 362 g/mol. The van der Waals surface area contributed by atoms with Crippen molar-refractivity contribution in [3.63, 3.8) is 0 Å². The Morgan fingerprint density at radius 2 is 1.59 bits per heavy atom. The number of halogens is 1. The van der Waals surface area contributed by atoms with E-state index in [1.54, 1.807) is 30.5 Å². The Bertz CT molecular complexity index is 1000. The van der Waals surface area contributed by atoms with Gasteiger partial charge in [0.15, 0.2) is 0 Å². The lowest BCUT2D eigenvalue weighted by atomic mass is 10.1. The van der Waals surface area contributed by atoms with Crippen LogP contribution in [0.15, 0.2) is 71.8 Å².